The molecule has 14 heavy (non-hydrogen) atoms. The Morgan fingerprint density at radius 2 is 2.21 bits per heavy atom. The molecular formula is C8H6ClNO4. The van der Waals surface area contributed by atoms with Gasteiger partial charge in [0.2, 0.25) is 5.75 Å². The van der Waals surface area contributed by atoms with Crippen molar-refractivity contribution < 1.29 is 14.5 Å². The number of halogens is 1. The lowest BCUT2D eigenvalue weighted by atomic mass is 10.3. The number of ether oxygens (including phenoxy) is 1. The van der Waals surface area contributed by atoms with Crippen LogP contribution in [0.5, 0.6) is 5.75 Å². The zero-order chi connectivity index (χ0) is 10.7. The minimum absolute atomic E-state index is 0.0613. The van der Waals surface area contributed by atoms with Gasteiger partial charge in [-0.1, -0.05) is 17.7 Å². The van der Waals surface area contributed by atoms with Crippen molar-refractivity contribution in [3.63, 3.8) is 0 Å². The zero-order valence-corrected chi connectivity index (χ0v) is 7.95. The predicted molar refractivity (Wildman–Crippen MR) is 49.4 cm³/mol. The van der Waals surface area contributed by atoms with E-state index >= 15 is 0 Å². The van der Waals surface area contributed by atoms with Gasteiger partial charge in [0.15, 0.2) is 0 Å². The summed E-state index contributed by atoms with van der Waals surface area (Å²) in [5, 5.41) is 10.5. The van der Waals surface area contributed by atoms with Gasteiger partial charge in [-0.3, -0.25) is 14.9 Å². The van der Waals surface area contributed by atoms with Gasteiger partial charge in [0.25, 0.3) is 0 Å². The van der Waals surface area contributed by atoms with Crippen LogP contribution in [0.1, 0.15) is 6.92 Å². The molecule has 0 aromatic heterocycles. The van der Waals surface area contributed by atoms with Crippen molar-refractivity contribution in [1.82, 2.24) is 0 Å². The normalized spacial score (nSPS) is 9.57. The van der Waals surface area contributed by atoms with Crippen molar-refractivity contribution in [3.8, 4) is 5.75 Å². The van der Waals surface area contributed by atoms with E-state index in [9.17, 15) is 14.9 Å². The first kappa shape index (κ1) is 10.5. The summed E-state index contributed by atoms with van der Waals surface area (Å²) >= 11 is 5.57. The van der Waals surface area contributed by atoms with E-state index in [1.54, 1.807) is 0 Å². The minimum Gasteiger partial charge on any atom is -0.419 e. The number of hydrogen-bond acceptors (Lipinski definition) is 4. The van der Waals surface area contributed by atoms with E-state index in [1.807, 2.05) is 0 Å². The van der Waals surface area contributed by atoms with Crippen molar-refractivity contribution in [2.75, 3.05) is 0 Å². The third kappa shape index (κ3) is 2.20. The van der Waals surface area contributed by atoms with E-state index in [0.717, 1.165) is 6.92 Å². The summed E-state index contributed by atoms with van der Waals surface area (Å²) in [6.45, 7) is 1.16. The molecule has 0 radical (unpaired) electrons. The fraction of sp³-hybridized carbons (Fsp3) is 0.125. The van der Waals surface area contributed by atoms with Gasteiger partial charge in [0.1, 0.15) is 5.02 Å². The molecular weight excluding hydrogens is 210 g/mol. The SMILES string of the molecule is CC(=O)Oc1cccc(Cl)c1[N+](=O)[O-]. The molecule has 0 aliphatic rings. The Kier molecular flexibility index (Phi) is 3.03. The Balaban J connectivity index is 3.21. The second-order valence-electron chi connectivity index (χ2n) is 2.44. The third-order valence-electron chi connectivity index (χ3n) is 1.39. The van der Waals surface area contributed by atoms with E-state index in [1.165, 1.54) is 18.2 Å². The van der Waals surface area contributed by atoms with Crippen LogP contribution in [0.3, 0.4) is 0 Å². The fourth-order valence-corrected chi connectivity index (χ4v) is 1.14. The van der Waals surface area contributed by atoms with Gasteiger partial charge in [0, 0.05) is 6.92 Å². The lowest BCUT2D eigenvalue weighted by molar-refractivity contribution is -0.385. The standard InChI is InChI=1S/C8H6ClNO4/c1-5(11)14-7-4-2-3-6(9)8(7)10(12)13/h2-4H,1H3. The number of carbonyl (C=O) groups excluding carboxylic acids is 1. The Bertz CT molecular complexity index is 391. The lowest BCUT2D eigenvalue weighted by Gasteiger charge is -2.02. The number of benzene rings is 1. The molecule has 0 aliphatic carbocycles. The number of hydrogen-bond donors (Lipinski definition) is 0. The number of nitrogens with zero attached hydrogens (tertiary/aromatic N) is 1. The maximum Gasteiger partial charge on any atom is 0.330 e. The summed E-state index contributed by atoms with van der Waals surface area (Å²) in [6.07, 6.45) is 0. The predicted octanol–water partition coefficient (Wildman–Crippen LogP) is 2.17. The minimum atomic E-state index is -0.694. The number of para-hydroxylation sites is 1. The summed E-state index contributed by atoms with van der Waals surface area (Å²) in [7, 11) is 0. The average Bonchev–Trinajstić information content (AvgIpc) is 2.01. The summed E-state index contributed by atoms with van der Waals surface area (Å²) in [6, 6.07) is 4.13. The van der Waals surface area contributed by atoms with Crippen molar-refractivity contribution in [2.24, 2.45) is 0 Å². The molecule has 0 aliphatic heterocycles. The van der Waals surface area contributed by atoms with Gasteiger partial charge >= 0.3 is 11.7 Å². The molecule has 1 rings (SSSR count). The van der Waals surface area contributed by atoms with Crippen molar-refractivity contribution in [1.29, 1.82) is 0 Å². The molecule has 6 heteroatoms. The van der Waals surface area contributed by atoms with E-state index < -0.39 is 16.6 Å². The Morgan fingerprint density at radius 3 is 2.71 bits per heavy atom. The van der Waals surface area contributed by atoms with Crippen LogP contribution in [0.4, 0.5) is 5.69 Å². The Hall–Kier alpha value is -1.62. The van der Waals surface area contributed by atoms with Crippen LogP contribution >= 0.6 is 11.6 Å². The average molecular weight is 216 g/mol. The third-order valence-corrected chi connectivity index (χ3v) is 1.69. The molecule has 0 amide bonds. The molecule has 0 saturated carbocycles. The van der Waals surface area contributed by atoms with Crippen LogP contribution in [0.2, 0.25) is 5.02 Å². The Morgan fingerprint density at radius 1 is 1.57 bits per heavy atom. The van der Waals surface area contributed by atoms with Crippen LogP contribution in [0, 0.1) is 10.1 Å². The summed E-state index contributed by atoms with van der Waals surface area (Å²) < 4.78 is 4.62. The number of rotatable bonds is 2. The zero-order valence-electron chi connectivity index (χ0n) is 7.19. The second-order valence-corrected chi connectivity index (χ2v) is 2.84. The van der Waals surface area contributed by atoms with Crippen LogP contribution in [-0.4, -0.2) is 10.9 Å². The molecule has 1 aromatic carbocycles. The summed E-state index contributed by atoms with van der Waals surface area (Å²) in [4.78, 5) is 20.5. The smallest absolute Gasteiger partial charge is 0.330 e. The fourth-order valence-electron chi connectivity index (χ4n) is 0.910. The van der Waals surface area contributed by atoms with Crippen molar-refractivity contribution >= 4 is 23.3 Å². The molecule has 0 atom stereocenters. The van der Waals surface area contributed by atoms with Crippen LogP contribution < -0.4 is 4.74 Å². The first-order valence-electron chi connectivity index (χ1n) is 3.63. The van der Waals surface area contributed by atoms with E-state index in [-0.39, 0.29) is 10.8 Å². The van der Waals surface area contributed by atoms with Gasteiger partial charge in [-0.2, -0.15) is 0 Å². The monoisotopic (exact) mass is 215 g/mol. The lowest BCUT2D eigenvalue weighted by Crippen LogP contribution is -2.04. The number of esters is 1. The number of nitro groups is 1. The van der Waals surface area contributed by atoms with Crippen molar-refractivity contribution in [3.05, 3.63) is 33.3 Å². The number of nitro benzene ring substituents is 1. The van der Waals surface area contributed by atoms with Crippen LogP contribution in [0.25, 0.3) is 0 Å². The molecule has 1 aromatic rings. The van der Waals surface area contributed by atoms with Gasteiger partial charge in [-0.15, -0.1) is 0 Å². The topological polar surface area (TPSA) is 69.4 Å². The molecule has 0 fully saturated rings. The maximum atomic E-state index is 10.6. The second kappa shape index (κ2) is 4.06. The highest BCUT2D eigenvalue weighted by Crippen LogP contribution is 2.34. The quantitative estimate of drug-likeness (QED) is 0.328. The highest BCUT2D eigenvalue weighted by Gasteiger charge is 2.20. The first-order chi connectivity index (χ1) is 6.52. The van der Waals surface area contributed by atoms with Gasteiger partial charge in [-0.05, 0) is 12.1 Å². The van der Waals surface area contributed by atoms with Crippen molar-refractivity contribution in [2.45, 2.75) is 6.92 Å². The van der Waals surface area contributed by atoms with E-state index in [0.29, 0.717) is 0 Å². The first-order valence-corrected chi connectivity index (χ1v) is 4.01. The number of carbonyl (C=O) groups is 1. The van der Waals surface area contributed by atoms with E-state index in [2.05, 4.69) is 4.74 Å². The summed E-state index contributed by atoms with van der Waals surface area (Å²) in [5.74, 6) is -0.773. The van der Waals surface area contributed by atoms with Gasteiger partial charge < -0.3 is 4.74 Å². The largest absolute Gasteiger partial charge is 0.419 e. The molecule has 5 nitrogen and oxygen atoms in total. The molecule has 0 unspecified atom stereocenters. The van der Waals surface area contributed by atoms with E-state index in [4.69, 9.17) is 11.6 Å². The van der Waals surface area contributed by atoms with Crippen LogP contribution in [0.15, 0.2) is 18.2 Å². The molecule has 0 saturated heterocycles. The molecule has 74 valence electrons. The highest BCUT2D eigenvalue weighted by molar-refractivity contribution is 6.33. The van der Waals surface area contributed by atoms with Gasteiger partial charge in [-0.25, -0.2) is 0 Å². The maximum absolute atomic E-state index is 10.6. The molecule has 0 heterocycles. The molecule has 0 bridgehead atoms. The highest BCUT2D eigenvalue weighted by atomic mass is 35.5. The molecule has 0 spiro atoms. The summed E-state index contributed by atoms with van der Waals surface area (Å²) in [5.41, 5.74) is -0.399. The van der Waals surface area contributed by atoms with Gasteiger partial charge in [0.05, 0.1) is 4.92 Å². The van der Waals surface area contributed by atoms with Crippen LogP contribution in [-0.2, 0) is 4.79 Å². The Labute approximate surface area is 84.4 Å². The molecule has 0 N–H and O–H groups in total.